The second kappa shape index (κ2) is 6.61. The molecular weight excluding hydrogens is 256 g/mol. The van der Waals surface area contributed by atoms with Gasteiger partial charge in [-0.1, -0.05) is 12.1 Å². The molecule has 2 N–H and O–H groups in total. The normalized spacial score (nSPS) is 21.9. The number of likely N-dealkylation sites (tertiary alicyclic amines) is 1. The third-order valence-corrected chi connectivity index (χ3v) is 3.74. The first-order valence-electron chi connectivity index (χ1n) is 6.91. The van der Waals surface area contributed by atoms with Crippen LogP contribution in [0.4, 0.5) is 0 Å². The van der Waals surface area contributed by atoms with Crippen LogP contribution in [0.25, 0.3) is 0 Å². The van der Waals surface area contributed by atoms with Crippen LogP contribution in [-0.4, -0.2) is 43.7 Å². The largest absolute Gasteiger partial charge is 0.493 e. The van der Waals surface area contributed by atoms with E-state index in [1.54, 1.807) is 13.2 Å². The Kier molecular flexibility index (Phi) is 4.84. The summed E-state index contributed by atoms with van der Waals surface area (Å²) in [5.41, 5.74) is 5.68. The topological polar surface area (TPSA) is 64.8 Å². The highest BCUT2D eigenvalue weighted by molar-refractivity contribution is 5.78. The molecule has 0 aromatic heterocycles. The van der Waals surface area contributed by atoms with E-state index in [2.05, 4.69) is 6.92 Å². The van der Waals surface area contributed by atoms with Crippen molar-refractivity contribution in [2.75, 3.05) is 26.8 Å². The molecular formula is C15H22N2O3. The minimum Gasteiger partial charge on any atom is -0.493 e. The maximum Gasteiger partial charge on any atom is 0.260 e. The van der Waals surface area contributed by atoms with E-state index in [0.717, 1.165) is 13.0 Å². The number of hydrogen-bond donors (Lipinski definition) is 1. The zero-order chi connectivity index (χ0) is 14.5. The number of rotatable bonds is 5. The molecule has 1 amide bonds. The van der Waals surface area contributed by atoms with Crippen LogP contribution < -0.4 is 15.2 Å². The molecule has 5 nitrogen and oxygen atoms in total. The Morgan fingerprint density at radius 1 is 1.40 bits per heavy atom. The average Bonchev–Trinajstić information content (AvgIpc) is 2.86. The second-order valence-corrected chi connectivity index (χ2v) is 5.17. The summed E-state index contributed by atoms with van der Waals surface area (Å²) < 4.78 is 10.8. The van der Waals surface area contributed by atoms with Gasteiger partial charge in [0.25, 0.3) is 5.91 Å². The van der Waals surface area contributed by atoms with Gasteiger partial charge >= 0.3 is 0 Å². The van der Waals surface area contributed by atoms with Gasteiger partial charge in [0.15, 0.2) is 18.1 Å². The molecule has 110 valence electrons. The Hall–Kier alpha value is -1.75. The van der Waals surface area contributed by atoms with Crippen LogP contribution in [0, 0.1) is 5.92 Å². The lowest BCUT2D eigenvalue weighted by molar-refractivity contribution is -0.134. The molecule has 2 unspecified atom stereocenters. The highest BCUT2D eigenvalue weighted by Gasteiger charge is 2.31. The standard InChI is InChI=1S/C15H22N2O3/c1-11-7-12(8-16)9-17(11)15(18)10-20-14-6-4-3-5-13(14)19-2/h3-6,11-12H,7-10,16H2,1-2H3. The lowest BCUT2D eigenvalue weighted by Crippen LogP contribution is -2.37. The molecule has 2 rings (SSSR count). The van der Waals surface area contributed by atoms with Crippen molar-refractivity contribution in [3.05, 3.63) is 24.3 Å². The van der Waals surface area contributed by atoms with Crippen molar-refractivity contribution in [3.8, 4) is 11.5 Å². The first-order valence-corrected chi connectivity index (χ1v) is 6.91. The number of carbonyl (C=O) groups is 1. The molecule has 2 atom stereocenters. The molecule has 0 bridgehead atoms. The molecule has 0 radical (unpaired) electrons. The fraction of sp³-hybridized carbons (Fsp3) is 0.533. The van der Waals surface area contributed by atoms with Gasteiger partial charge in [0, 0.05) is 12.6 Å². The molecule has 1 aliphatic rings. The number of benzene rings is 1. The minimum atomic E-state index is -0.000596. The SMILES string of the molecule is COc1ccccc1OCC(=O)N1CC(CN)CC1C. The quantitative estimate of drug-likeness (QED) is 0.881. The van der Waals surface area contributed by atoms with Crippen molar-refractivity contribution in [1.29, 1.82) is 0 Å². The highest BCUT2D eigenvalue weighted by atomic mass is 16.5. The molecule has 20 heavy (non-hydrogen) atoms. The Morgan fingerprint density at radius 2 is 2.10 bits per heavy atom. The van der Waals surface area contributed by atoms with E-state index in [1.807, 2.05) is 23.1 Å². The lowest BCUT2D eigenvalue weighted by Gasteiger charge is -2.21. The van der Waals surface area contributed by atoms with Crippen LogP contribution >= 0.6 is 0 Å². The molecule has 1 heterocycles. The average molecular weight is 278 g/mol. The maximum atomic E-state index is 12.2. The van der Waals surface area contributed by atoms with Gasteiger partial charge in [-0.3, -0.25) is 4.79 Å². The monoisotopic (exact) mass is 278 g/mol. The summed E-state index contributed by atoms with van der Waals surface area (Å²) in [7, 11) is 1.58. The van der Waals surface area contributed by atoms with Crippen LogP contribution in [0.5, 0.6) is 11.5 Å². The zero-order valence-corrected chi connectivity index (χ0v) is 12.0. The number of ether oxygens (including phenoxy) is 2. The number of hydrogen-bond acceptors (Lipinski definition) is 4. The van der Waals surface area contributed by atoms with Crippen LogP contribution in [0.3, 0.4) is 0 Å². The van der Waals surface area contributed by atoms with Crippen molar-refractivity contribution < 1.29 is 14.3 Å². The van der Waals surface area contributed by atoms with E-state index in [4.69, 9.17) is 15.2 Å². The molecule has 1 fully saturated rings. The smallest absolute Gasteiger partial charge is 0.260 e. The number of amides is 1. The first-order chi connectivity index (χ1) is 9.65. The second-order valence-electron chi connectivity index (χ2n) is 5.17. The van der Waals surface area contributed by atoms with E-state index in [0.29, 0.717) is 24.0 Å². The number of nitrogens with two attached hydrogens (primary N) is 1. The third-order valence-electron chi connectivity index (χ3n) is 3.74. The van der Waals surface area contributed by atoms with Crippen molar-refractivity contribution in [2.45, 2.75) is 19.4 Å². The summed E-state index contributed by atoms with van der Waals surface area (Å²) in [6.45, 7) is 3.44. The van der Waals surface area contributed by atoms with E-state index in [9.17, 15) is 4.79 Å². The summed E-state index contributed by atoms with van der Waals surface area (Å²) in [6.07, 6.45) is 0.969. The molecule has 0 saturated carbocycles. The van der Waals surface area contributed by atoms with Crippen molar-refractivity contribution in [3.63, 3.8) is 0 Å². The highest BCUT2D eigenvalue weighted by Crippen LogP contribution is 2.26. The summed E-state index contributed by atoms with van der Waals surface area (Å²) in [6, 6.07) is 7.55. The minimum absolute atomic E-state index is 0.000596. The van der Waals surface area contributed by atoms with E-state index in [1.165, 1.54) is 0 Å². The van der Waals surface area contributed by atoms with Crippen LogP contribution in [0.1, 0.15) is 13.3 Å². The van der Waals surface area contributed by atoms with Gasteiger partial charge in [-0.15, -0.1) is 0 Å². The molecule has 1 aromatic carbocycles. The number of para-hydroxylation sites is 2. The molecule has 1 aliphatic heterocycles. The van der Waals surface area contributed by atoms with Crippen LogP contribution in [0.2, 0.25) is 0 Å². The van der Waals surface area contributed by atoms with E-state index < -0.39 is 0 Å². The van der Waals surface area contributed by atoms with Crippen molar-refractivity contribution in [1.82, 2.24) is 4.90 Å². The molecule has 1 saturated heterocycles. The summed E-state index contributed by atoms with van der Waals surface area (Å²) in [4.78, 5) is 14.1. The zero-order valence-electron chi connectivity index (χ0n) is 12.0. The van der Waals surface area contributed by atoms with Gasteiger partial charge in [0.2, 0.25) is 0 Å². The third kappa shape index (κ3) is 3.22. The van der Waals surface area contributed by atoms with E-state index in [-0.39, 0.29) is 18.6 Å². The number of methoxy groups -OCH3 is 1. The fourth-order valence-corrected chi connectivity index (χ4v) is 2.62. The van der Waals surface area contributed by atoms with Gasteiger partial charge in [-0.05, 0) is 37.9 Å². The van der Waals surface area contributed by atoms with Gasteiger partial charge in [-0.2, -0.15) is 0 Å². The lowest BCUT2D eigenvalue weighted by atomic mass is 10.1. The van der Waals surface area contributed by atoms with Gasteiger partial charge in [0.05, 0.1) is 7.11 Å². The Labute approximate surface area is 119 Å². The number of nitrogens with zero attached hydrogens (tertiary/aromatic N) is 1. The molecule has 1 aromatic rings. The molecule has 0 spiro atoms. The fourth-order valence-electron chi connectivity index (χ4n) is 2.62. The van der Waals surface area contributed by atoms with Gasteiger partial charge < -0.3 is 20.1 Å². The maximum absolute atomic E-state index is 12.2. The predicted octanol–water partition coefficient (Wildman–Crippen LogP) is 1.27. The Bertz CT molecular complexity index is 464. The summed E-state index contributed by atoms with van der Waals surface area (Å²) >= 11 is 0. The Morgan fingerprint density at radius 3 is 2.70 bits per heavy atom. The van der Waals surface area contributed by atoms with Crippen molar-refractivity contribution >= 4 is 5.91 Å². The summed E-state index contributed by atoms with van der Waals surface area (Å²) in [5.74, 6) is 1.62. The molecule has 0 aliphatic carbocycles. The van der Waals surface area contributed by atoms with Gasteiger partial charge in [-0.25, -0.2) is 0 Å². The summed E-state index contributed by atoms with van der Waals surface area (Å²) in [5, 5.41) is 0. The van der Waals surface area contributed by atoms with Gasteiger partial charge in [0.1, 0.15) is 0 Å². The van der Waals surface area contributed by atoms with Crippen LogP contribution in [0.15, 0.2) is 24.3 Å². The first kappa shape index (κ1) is 14.7. The van der Waals surface area contributed by atoms with Crippen molar-refractivity contribution in [2.24, 2.45) is 11.7 Å². The molecule has 5 heteroatoms. The Balaban J connectivity index is 1.92. The predicted molar refractivity (Wildman–Crippen MR) is 76.8 cm³/mol. The van der Waals surface area contributed by atoms with Crippen LogP contribution in [-0.2, 0) is 4.79 Å². The van der Waals surface area contributed by atoms with E-state index >= 15 is 0 Å². The number of carbonyl (C=O) groups excluding carboxylic acids is 1.